The van der Waals surface area contributed by atoms with E-state index >= 15 is 0 Å². The maximum Gasteiger partial charge on any atom is 0.266 e. The van der Waals surface area contributed by atoms with Gasteiger partial charge in [0, 0.05) is 18.8 Å². The zero-order chi connectivity index (χ0) is 22.9. The van der Waals surface area contributed by atoms with Gasteiger partial charge in [0.15, 0.2) is 6.10 Å². The molecule has 2 aliphatic heterocycles. The lowest BCUT2D eigenvalue weighted by atomic mass is 9.90. The molecule has 168 valence electrons. The second kappa shape index (κ2) is 8.71. The van der Waals surface area contributed by atoms with Crippen LogP contribution < -0.4 is 14.9 Å². The molecule has 0 bridgehead atoms. The number of benzene rings is 3. The van der Waals surface area contributed by atoms with Gasteiger partial charge in [0.1, 0.15) is 5.92 Å². The summed E-state index contributed by atoms with van der Waals surface area (Å²) < 4.78 is 0. The van der Waals surface area contributed by atoms with Crippen molar-refractivity contribution in [3.05, 3.63) is 90.5 Å². The number of carbonyl (C=O) groups excluding carboxylic acids is 2. The van der Waals surface area contributed by atoms with E-state index in [2.05, 4.69) is 30.9 Å². The van der Waals surface area contributed by atoms with Crippen molar-refractivity contribution in [3.8, 4) is 0 Å². The molecule has 0 aromatic heterocycles. The predicted molar refractivity (Wildman–Crippen MR) is 129 cm³/mol. The van der Waals surface area contributed by atoms with Gasteiger partial charge in [-0.05, 0) is 55.8 Å². The number of hydroxylamine groups is 1. The van der Waals surface area contributed by atoms with Gasteiger partial charge in [0.25, 0.3) is 5.91 Å². The summed E-state index contributed by atoms with van der Waals surface area (Å²) >= 11 is 0. The Bertz CT molecular complexity index is 1130. The number of nitrogens with zero attached hydrogens (tertiary/aromatic N) is 3. The van der Waals surface area contributed by atoms with Gasteiger partial charge in [-0.1, -0.05) is 48.5 Å². The Morgan fingerprint density at radius 3 is 1.91 bits per heavy atom. The zero-order valence-electron chi connectivity index (χ0n) is 18.8. The molecular formula is C27H27N3O3. The molecule has 5 rings (SSSR count). The highest BCUT2D eigenvalue weighted by atomic mass is 16.7. The largest absolute Gasteiger partial charge is 0.372 e. The van der Waals surface area contributed by atoms with Gasteiger partial charge in [0.2, 0.25) is 5.91 Å². The molecule has 33 heavy (non-hydrogen) atoms. The van der Waals surface area contributed by atoms with Crippen LogP contribution in [0.25, 0.3) is 0 Å². The highest BCUT2D eigenvalue weighted by molar-refractivity contribution is 6.23. The van der Waals surface area contributed by atoms with Crippen LogP contribution in [0.4, 0.5) is 17.1 Å². The smallest absolute Gasteiger partial charge is 0.266 e. The van der Waals surface area contributed by atoms with Gasteiger partial charge < -0.3 is 4.90 Å². The lowest BCUT2D eigenvalue weighted by molar-refractivity contribution is -0.126. The SMILES string of the molecule is CCN(CC)c1ccc([C@@H]2[C@H]3C(=O)N(c4ccccc4)C(=O)[C@@H]3ON2c2ccccc2)cc1. The summed E-state index contributed by atoms with van der Waals surface area (Å²) in [6.45, 7) is 6.10. The summed E-state index contributed by atoms with van der Waals surface area (Å²) in [6.07, 6.45) is -0.856. The number of anilines is 3. The molecule has 6 nitrogen and oxygen atoms in total. The molecule has 0 radical (unpaired) electrons. The van der Waals surface area contributed by atoms with Gasteiger partial charge in [-0.15, -0.1) is 0 Å². The summed E-state index contributed by atoms with van der Waals surface area (Å²) in [6, 6.07) is 26.5. The fourth-order valence-electron chi connectivity index (χ4n) is 4.85. The molecule has 0 saturated carbocycles. The van der Waals surface area contributed by atoms with Crippen LogP contribution in [0.5, 0.6) is 0 Å². The van der Waals surface area contributed by atoms with Gasteiger partial charge in [0.05, 0.1) is 17.4 Å². The van der Waals surface area contributed by atoms with Gasteiger partial charge in [-0.25, -0.2) is 9.96 Å². The van der Waals surface area contributed by atoms with Crippen molar-refractivity contribution < 1.29 is 14.4 Å². The Morgan fingerprint density at radius 1 is 0.758 bits per heavy atom. The Labute approximate surface area is 193 Å². The van der Waals surface area contributed by atoms with Crippen molar-refractivity contribution in [1.82, 2.24) is 0 Å². The van der Waals surface area contributed by atoms with E-state index in [1.54, 1.807) is 17.2 Å². The molecule has 6 heteroatoms. The Kier molecular flexibility index (Phi) is 5.60. The van der Waals surface area contributed by atoms with Crippen LogP contribution >= 0.6 is 0 Å². The molecule has 2 heterocycles. The standard InChI is InChI=1S/C27H27N3O3/c1-3-28(4-2)20-17-15-19(16-18-20)24-23-25(33-30(24)22-13-9-6-10-14-22)27(32)29(26(23)31)21-11-7-5-8-12-21/h5-18,23-25H,3-4H2,1-2H3/t23-,24-,25-/m1/s1. The van der Waals surface area contributed by atoms with Crippen molar-refractivity contribution in [2.75, 3.05) is 28.0 Å². The van der Waals surface area contributed by atoms with Crippen molar-refractivity contribution >= 4 is 28.9 Å². The van der Waals surface area contributed by atoms with E-state index in [1.165, 1.54) is 4.90 Å². The third-order valence-corrected chi connectivity index (χ3v) is 6.50. The first kappa shape index (κ1) is 21.2. The zero-order valence-corrected chi connectivity index (χ0v) is 18.8. The highest BCUT2D eigenvalue weighted by Crippen LogP contribution is 2.47. The van der Waals surface area contributed by atoms with E-state index in [1.807, 2.05) is 60.7 Å². The Hall–Kier alpha value is -3.64. The normalized spacial score (nSPS) is 22.1. The van der Waals surface area contributed by atoms with Crippen LogP contribution in [0, 0.1) is 5.92 Å². The summed E-state index contributed by atoms with van der Waals surface area (Å²) in [5.41, 5.74) is 3.47. The van der Waals surface area contributed by atoms with Crippen LogP contribution in [0.15, 0.2) is 84.9 Å². The number of carbonyl (C=O) groups is 2. The average Bonchev–Trinajstić information content (AvgIpc) is 3.37. The fourth-order valence-corrected chi connectivity index (χ4v) is 4.85. The first-order valence-electron chi connectivity index (χ1n) is 11.4. The molecule has 0 aliphatic carbocycles. The van der Waals surface area contributed by atoms with Crippen molar-refractivity contribution in [2.24, 2.45) is 5.92 Å². The van der Waals surface area contributed by atoms with Gasteiger partial charge in [-0.3, -0.25) is 14.4 Å². The monoisotopic (exact) mass is 441 g/mol. The molecule has 3 aromatic rings. The molecule has 0 N–H and O–H groups in total. The maximum absolute atomic E-state index is 13.6. The molecule has 2 aliphatic rings. The first-order valence-corrected chi connectivity index (χ1v) is 11.4. The average molecular weight is 442 g/mol. The van der Waals surface area contributed by atoms with E-state index < -0.39 is 18.1 Å². The minimum atomic E-state index is -0.856. The number of hydrogen-bond donors (Lipinski definition) is 0. The van der Waals surface area contributed by atoms with Crippen LogP contribution in [-0.4, -0.2) is 31.0 Å². The number of imide groups is 1. The number of fused-ring (bicyclic) bond motifs is 1. The third kappa shape index (κ3) is 3.56. The van der Waals surface area contributed by atoms with Crippen molar-refractivity contribution in [3.63, 3.8) is 0 Å². The molecule has 3 aromatic carbocycles. The molecule has 0 spiro atoms. The van der Waals surface area contributed by atoms with E-state index in [0.717, 1.165) is 30.0 Å². The predicted octanol–water partition coefficient (Wildman–Crippen LogP) is 4.58. The topological polar surface area (TPSA) is 53.1 Å². The summed E-state index contributed by atoms with van der Waals surface area (Å²) in [5, 5.41) is 1.74. The van der Waals surface area contributed by atoms with E-state index in [0.29, 0.717) is 5.69 Å². The number of para-hydroxylation sites is 2. The summed E-state index contributed by atoms with van der Waals surface area (Å²) in [7, 11) is 0. The first-order chi connectivity index (χ1) is 16.1. The van der Waals surface area contributed by atoms with E-state index in [-0.39, 0.29) is 11.8 Å². The maximum atomic E-state index is 13.6. The number of rotatable bonds is 6. The Morgan fingerprint density at radius 2 is 1.33 bits per heavy atom. The Balaban J connectivity index is 1.55. The van der Waals surface area contributed by atoms with Crippen LogP contribution in [0.1, 0.15) is 25.5 Å². The highest BCUT2D eigenvalue weighted by Gasteiger charge is 2.60. The lowest BCUT2D eigenvalue weighted by Crippen LogP contribution is -2.37. The molecule has 2 saturated heterocycles. The molecule has 0 unspecified atom stereocenters. The van der Waals surface area contributed by atoms with Gasteiger partial charge in [-0.2, -0.15) is 0 Å². The minimum Gasteiger partial charge on any atom is -0.372 e. The number of amides is 2. The van der Waals surface area contributed by atoms with E-state index in [4.69, 9.17) is 4.84 Å². The van der Waals surface area contributed by atoms with Gasteiger partial charge >= 0.3 is 0 Å². The second-order valence-electron chi connectivity index (χ2n) is 8.27. The quantitative estimate of drug-likeness (QED) is 0.524. The molecular weight excluding hydrogens is 414 g/mol. The molecule has 2 amide bonds. The fraction of sp³-hybridized carbons (Fsp3) is 0.259. The number of hydrogen-bond acceptors (Lipinski definition) is 5. The molecule has 3 atom stereocenters. The van der Waals surface area contributed by atoms with E-state index in [9.17, 15) is 9.59 Å². The third-order valence-electron chi connectivity index (χ3n) is 6.50. The van der Waals surface area contributed by atoms with Crippen LogP contribution in [0.2, 0.25) is 0 Å². The van der Waals surface area contributed by atoms with Crippen molar-refractivity contribution in [1.29, 1.82) is 0 Å². The van der Waals surface area contributed by atoms with Crippen LogP contribution in [0.3, 0.4) is 0 Å². The van der Waals surface area contributed by atoms with Crippen LogP contribution in [-0.2, 0) is 14.4 Å². The summed E-state index contributed by atoms with van der Waals surface area (Å²) in [5.74, 6) is -1.18. The molecule has 2 fully saturated rings. The lowest BCUT2D eigenvalue weighted by Gasteiger charge is -2.29. The second-order valence-corrected chi connectivity index (χ2v) is 8.27. The minimum absolute atomic E-state index is 0.229. The summed E-state index contributed by atoms with van der Waals surface area (Å²) in [4.78, 5) is 36.7. The van der Waals surface area contributed by atoms with Crippen molar-refractivity contribution in [2.45, 2.75) is 26.0 Å².